The SMILES string of the molecule is CN(S)C(=O)NCCO. The van der Waals surface area contributed by atoms with Crippen molar-refractivity contribution in [1.82, 2.24) is 9.62 Å². The number of thiol groups is 1. The second-order valence-electron chi connectivity index (χ2n) is 1.48. The Balaban J connectivity index is 3.28. The zero-order chi connectivity index (χ0) is 7.28. The molecule has 0 spiro atoms. The number of urea groups is 1. The smallest absolute Gasteiger partial charge is 0.327 e. The molecular weight excluding hydrogens is 140 g/mol. The topological polar surface area (TPSA) is 52.6 Å². The highest BCUT2D eigenvalue weighted by molar-refractivity contribution is 7.78. The summed E-state index contributed by atoms with van der Waals surface area (Å²) in [6.45, 7) is 0.219. The van der Waals surface area contributed by atoms with Crippen LogP contribution in [-0.4, -0.2) is 35.6 Å². The van der Waals surface area contributed by atoms with Crippen LogP contribution in [0.5, 0.6) is 0 Å². The van der Waals surface area contributed by atoms with Crippen LogP contribution in [0.15, 0.2) is 0 Å². The predicted octanol–water partition coefficient (Wildman–Crippen LogP) is -0.535. The number of carbonyl (C=O) groups is 1. The van der Waals surface area contributed by atoms with Crippen molar-refractivity contribution in [2.24, 2.45) is 0 Å². The summed E-state index contributed by atoms with van der Waals surface area (Å²) in [5.74, 6) is 0. The fraction of sp³-hybridized carbons (Fsp3) is 0.750. The van der Waals surface area contributed by atoms with E-state index in [4.69, 9.17) is 5.11 Å². The molecule has 4 nitrogen and oxygen atoms in total. The van der Waals surface area contributed by atoms with Gasteiger partial charge in [0.15, 0.2) is 0 Å². The Kier molecular flexibility index (Phi) is 4.25. The van der Waals surface area contributed by atoms with Gasteiger partial charge in [-0.25, -0.2) is 4.79 Å². The number of rotatable bonds is 2. The minimum Gasteiger partial charge on any atom is -0.395 e. The first-order valence-electron chi connectivity index (χ1n) is 2.49. The fourth-order valence-corrected chi connectivity index (χ4v) is 0.348. The van der Waals surface area contributed by atoms with E-state index in [1.165, 1.54) is 7.05 Å². The zero-order valence-electron chi connectivity index (χ0n) is 5.16. The van der Waals surface area contributed by atoms with Gasteiger partial charge in [0.05, 0.1) is 6.61 Å². The number of nitrogens with zero attached hydrogens (tertiary/aromatic N) is 1. The fourth-order valence-electron chi connectivity index (χ4n) is 0.277. The molecule has 0 unspecified atom stereocenters. The molecule has 0 fully saturated rings. The number of nitrogens with one attached hydrogen (secondary N) is 1. The van der Waals surface area contributed by atoms with Crippen molar-refractivity contribution < 1.29 is 9.90 Å². The van der Waals surface area contributed by atoms with Crippen molar-refractivity contribution in [2.75, 3.05) is 20.2 Å². The average Bonchev–Trinajstić information content (AvgIpc) is 1.82. The first-order chi connectivity index (χ1) is 4.18. The summed E-state index contributed by atoms with van der Waals surface area (Å²) in [4.78, 5) is 10.5. The van der Waals surface area contributed by atoms with Crippen LogP contribution >= 0.6 is 12.8 Å². The van der Waals surface area contributed by atoms with Crippen LogP contribution < -0.4 is 5.32 Å². The maximum absolute atomic E-state index is 10.5. The van der Waals surface area contributed by atoms with Gasteiger partial charge in [0, 0.05) is 13.6 Å². The molecule has 0 rings (SSSR count). The van der Waals surface area contributed by atoms with E-state index in [0.29, 0.717) is 0 Å². The third kappa shape index (κ3) is 4.11. The molecule has 0 aromatic heterocycles. The molecule has 0 radical (unpaired) electrons. The zero-order valence-corrected chi connectivity index (χ0v) is 6.06. The second kappa shape index (κ2) is 4.46. The summed E-state index contributed by atoms with van der Waals surface area (Å²) < 4.78 is 1.11. The van der Waals surface area contributed by atoms with Crippen LogP contribution in [0.25, 0.3) is 0 Å². The Morgan fingerprint density at radius 3 is 2.78 bits per heavy atom. The quantitative estimate of drug-likeness (QED) is 0.463. The summed E-state index contributed by atoms with van der Waals surface area (Å²) >= 11 is 3.71. The van der Waals surface area contributed by atoms with Crippen LogP contribution in [0.1, 0.15) is 0 Å². The predicted molar refractivity (Wildman–Crippen MR) is 37.2 cm³/mol. The summed E-state index contributed by atoms with van der Waals surface area (Å²) in [6.07, 6.45) is 0. The van der Waals surface area contributed by atoms with Gasteiger partial charge >= 0.3 is 6.03 Å². The van der Waals surface area contributed by atoms with Crippen LogP contribution in [-0.2, 0) is 0 Å². The standard InChI is InChI=1S/C4H10N2O2S/c1-6(9)4(8)5-2-3-7/h7,9H,2-3H2,1H3,(H,5,8). The molecule has 0 saturated heterocycles. The van der Waals surface area contributed by atoms with E-state index >= 15 is 0 Å². The number of hydrogen-bond acceptors (Lipinski definition) is 3. The molecule has 5 heteroatoms. The lowest BCUT2D eigenvalue weighted by molar-refractivity contribution is 0.225. The highest BCUT2D eigenvalue weighted by atomic mass is 32.1. The highest BCUT2D eigenvalue weighted by Crippen LogP contribution is 1.84. The van der Waals surface area contributed by atoms with Gasteiger partial charge in [0.1, 0.15) is 0 Å². The monoisotopic (exact) mass is 150 g/mol. The molecule has 0 aromatic carbocycles. The first kappa shape index (κ1) is 8.58. The molecule has 0 saturated carbocycles. The minimum absolute atomic E-state index is 0.0483. The molecule has 0 heterocycles. The molecule has 9 heavy (non-hydrogen) atoms. The van der Waals surface area contributed by atoms with Gasteiger partial charge in [-0.05, 0) is 0 Å². The minimum atomic E-state index is -0.313. The Bertz CT molecular complexity index is 96.6. The Labute approximate surface area is 59.4 Å². The summed E-state index contributed by atoms with van der Waals surface area (Å²) in [7, 11) is 1.51. The van der Waals surface area contributed by atoms with E-state index in [2.05, 4.69) is 18.1 Å². The van der Waals surface area contributed by atoms with E-state index in [0.717, 1.165) is 4.31 Å². The van der Waals surface area contributed by atoms with Crippen LogP contribution in [0.2, 0.25) is 0 Å². The number of aliphatic hydroxyl groups is 1. The third-order valence-electron chi connectivity index (χ3n) is 0.682. The Hall–Kier alpha value is -0.420. The van der Waals surface area contributed by atoms with E-state index in [1.54, 1.807) is 0 Å². The molecule has 0 aliphatic carbocycles. The number of amides is 2. The van der Waals surface area contributed by atoms with Crippen molar-refractivity contribution in [3.8, 4) is 0 Å². The number of hydrogen-bond donors (Lipinski definition) is 3. The van der Waals surface area contributed by atoms with Crippen molar-refractivity contribution in [1.29, 1.82) is 0 Å². The van der Waals surface area contributed by atoms with Gasteiger partial charge in [-0.3, -0.25) is 4.31 Å². The van der Waals surface area contributed by atoms with Crippen LogP contribution in [0.4, 0.5) is 4.79 Å². The average molecular weight is 150 g/mol. The first-order valence-corrected chi connectivity index (χ1v) is 2.89. The molecule has 2 N–H and O–H groups in total. The van der Waals surface area contributed by atoms with Gasteiger partial charge in [0.2, 0.25) is 0 Å². The largest absolute Gasteiger partial charge is 0.395 e. The number of aliphatic hydroxyl groups excluding tert-OH is 1. The molecule has 0 bridgehead atoms. The lowest BCUT2D eigenvalue weighted by Crippen LogP contribution is -2.33. The van der Waals surface area contributed by atoms with E-state index in [-0.39, 0.29) is 19.2 Å². The molecule has 0 aromatic rings. The van der Waals surface area contributed by atoms with Gasteiger partial charge in [-0.15, -0.1) is 0 Å². The maximum Gasteiger partial charge on any atom is 0.327 e. The summed E-state index contributed by atoms with van der Waals surface area (Å²) in [6, 6.07) is -0.313. The maximum atomic E-state index is 10.5. The number of carbonyl (C=O) groups excluding carboxylic acids is 1. The third-order valence-corrected chi connectivity index (χ3v) is 0.864. The molecule has 0 aliphatic rings. The van der Waals surface area contributed by atoms with Gasteiger partial charge in [0.25, 0.3) is 0 Å². The van der Waals surface area contributed by atoms with Gasteiger partial charge in [-0.2, -0.15) is 0 Å². The van der Waals surface area contributed by atoms with E-state index < -0.39 is 0 Å². The summed E-state index contributed by atoms with van der Waals surface area (Å²) in [5, 5.41) is 10.6. The van der Waals surface area contributed by atoms with Crippen LogP contribution in [0.3, 0.4) is 0 Å². The van der Waals surface area contributed by atoms with Crippen molar-refractivity contribution in [2.45, 2.75) is 0 Å². The lowest BCUT2D eigenvalue weighted by Gasteiger charge is -2.08. The molecular formula is C4H10N2O2S. The van der Waals surface area contributed by atoms with Crippen molar-refractivity contribution in [3.63, 3.8) is 0 Å². The molecule has 0 aliphatic heterocycles. The van der Waals surface area contributed by atoms with Crippen molar-refractivity contribution in [3.05, 3.63) is 0 Å². The Morgan fingerprint density at radius 1 is 1.89 bits per heavy atom. The van der Waals surface area contributed by atoms with Gasteiger partial charge < -0.3 is 10.4 Å². The van der Waals surface area contributed by atoms with E-state index in [9.17, 15) is 4.79 Å². The van der Waals surface area contributed by atoms with Crippen molar-refractivity contribution >= 4 is 18.8 Å². The summed E-state index contributed by atoms with van der Waals surface area (Å²) in [5.41, 5.74) is 0. The van der Waals surface area contributed by atoms with E-state index in [1.807, 2.05) is 0 Å². The highest BCUT2D eigenvalue weighted by Gasteiger charge is 1.99. The molecule has 54 valence electrons. The molecule has 2 amide bonds. The van der Waals surface area contributed by atoms with Crippen LogP contribution in [0, 0.1) is 0 Å². The van der Waals surface area contributed by atoms with Gasteiger partial charge in [-0.1, -0.05) is 12.8 Å². The lowest BCUT2D eigenvalue weighted by atomic mass is 10.7. The molecule has 0 atom stereocenters. The normalized spacial score (nSPS) is 8.78. The Morgan fingerprint density at radius 2 is 2.44 bits per heavy atom. The second-order valence-corrected chi connectivity index (χ2v) is 2.08.